The van der Waals surface area contributed by atoms with Gasteiger partial charge < -0.3 is 19.9 Å². The molecule has 0 aliphatic heterocycles. The number of fused-ring (bicyclic) bond motifs is 1. The molecule has 0 heterocycles. The zero-order valence-corrected chi connectivity index (χ0v) is 17.6. The Balaban J connectivity index is 1.76. The molecule has 8 heteroatoms. The van der Waals surface area contributed by atoms with Crippen LogP contribution in [-0.2, 0) is 16.1 Å². The lowest BCUT2D eigenvalue weighted by atomic mass is 10.1. The largest absolute Gasteiger partial charge is 0.492 e. The van der Waals surface area contributed by atoms with Crippen molar-refractivity contribution in [2.24, 2.45) is 0 Å². The van der Waals surface area contributed by atoms with E-state index in [0.29, 0.717) is 37.8 Å². The number of rotatable bonds is 7. The molecule has 0 spiro atoms. The molecule has 0 atom stereocenters. The molecule has 3 rings (SSSR count). The molecular weight excluding hydrogens is 429 g/mol. The summed E-state index contributed by atoms with van der Waals surface area (Å²) in [6.07, 6.45) is 0.0680. The van der Waals surface area contributed by atoms with Crippen molar-refractivity contribution in [3.63, 3.8) is 0 Å². The van der Waals surface area contributed by atoms with Crippen LogP contribution < -0.4 is 10.1 Å². The number of hydrogen-bond donors (Lipinski definition) is 2. The molecule has 0 radical (unpaired) electrons. The van der Waals surface area contributed by atoms with E-state index < -0.39 is 5.97 Å². The number of carbonyl (C=O) groups is 2. The van der Waals surface area contributed by atoms with E-state index in [2.05, 4.69) is 5.32 Å². The molecule has 0 aliphatic carbocycles. The fraction of sp³-hybridized carbons (Fsp3) is 0.182. The Morgan fingerprint density at radius 3 is 2.63 bits per heavy atom. The quantitative estimate of drug-likeness (QED) is 0.506. The molecule has 30 heavy (non-hydrogen) atoms. The van der Waals surface area contributed by atoms with E-state index in [0.717, 1.165) is 0 Å². The molecular formula is C22H19Cl2NO5. The lowest BCUT2D eigenvalue weighted by Crippen LogP contribution is -2.15. The highest BCUT2D eigenvalue weighted by Gasteiger charge is 2.15. The van der Waals surface area contributed by atoms with E-state index in [4.69, 9.17) is 32.7 Å². The van der Waals surface area contributed by atoms with Gasteiger partial charge in [0.2, 0.25) is 5.91 Å². The van der Waals surface area contributed by atoms with E-state index in [9.17, 15) is 14.7 Å². The third-order valence-electron chi connectivity index (χ3n) is 4.33. The lowest BCUT2D eigenvalue weighted by molar-refractivity contribution is -0.116. The highest BCUT2D eigenvalue weighted by atomic mass is 35.5. The smallest absolute Gasteiger partial charge is 0.338 e. The lowest BCUT2D eigenvalue weighted by Gasteiger charge is -2.13. The molecule has 0 saturated carbocycles. The van der Waals surface area contributed by atoms with Gasteiger partial charge in [-0.3, -0.25) is 4.79 Å². The first kappa shape index (κ1) is 21.9. The van der Waals surface area contributed by atoms with Gasteiger partial charge in [0, 0.05) is 16.1 Å². The maximum Gasteiger partial charge on any atom is 0.338 e. The van der Waals surface area contributed by atoms with E-state index >= 15 is 0 Å². The SMILES string of the molecule is COC(=O)c1cc(OCCC(=O)Nc2cccc(CO)c2)c2c(Cl)cc(Cl)cc2c1. The van der Waals surface area contributed by atoms with Crippen molar-refractivity contribution >= 4 is 51.5 Å². The van der Waals surface area contributed by atoms with E-state index in [1.807, 2.05) is 0 Å². The third-order valence-corrected chi connectivity index (χ3v) is 4.85. The molecule has 3 aromatic rings. The predicted molar refractivity (Wildman–Crippen MR) is 116 cm³/mol. The van der Waals surface area contributed by atoms with Crippen LogP contribution in [-0.4, -0.2) is 30.7 Å². The number of anilines is 1. The van der Waals surface area contributed by atoms with Gasteiger partial charge in [0.05, 0.1) is 37.3 Å². The Bertz CT molecular complexity index is 1100. The minimum atomic E-state index is -0.528. The summed E-state index contributed by atoms with van der Waals surface area (Å²) in [5.41, 5.74) is 1.56. The molecule has 156 valence electrons. The number of nitrogens with one attached hydrogen (secondary N) is 1. The van der Waals surface area contributed by atoms with Gasteiger partial charge in [0.1, 0.15) is 5.75 Å². The van der Waals surface area contributed by atoms with Gasteiger partial charge in [-0.05, 0) is 47.3 Å². The minimum absolute atomic E-state index is 0.0597. The summed E-state index contributed by atoms with van der Waals surface area (Å²) in [4.78, 5) is 24.2. The fourth-order valence-corrected chi connectivity index (χ4v) is 3.57. The highest BCUT2D eigenvalue weighted by molar-refractivity contribution is 6.39. The zero-order chi connectivity index (χ0) is 21.7. The van der Waals surface area contributed by atoms with Gasteiger partial charge >= 0.3 is 5.97 Å². The van der Waals surface area contributed by atoms with Gasteiger partial charge in [-0.25, -0.2) is 4.79 Å². The first-order chi connectivity index (χ1) is 14.4. The first-order valence-corrected chi connectivity index (χ1v) is 9.80. The molecule has 2 N–H and O–H groups in total. The number of aliphatic hydroxyl groups is 1. The van der Waals surface area contributed by atoms with Crippen molar-refractivity contribution in [2.45, 2.75) is 13.0 Å². The Hall–Kier alpha value is -2.80. The van der Waals surface area contributed by atoms with Gasteiger partial charge in [0.15, 0.2) is 0 Å². The Morgan fingerprint density at radius 1 is 1.10 bits per heavy atom. The summed E-state index contributed by atoms with van der Waals surface area (Å²) in [6, 6.07) is 13.3. The Morgan fingerprint density at radius 2 is 1.90 bits per heavy atom. The van der Waals surface area contributed by atoms with Crippen LogP contribution in [0.15, 0.2) is 48.5 Å². The number of benzene rings is 3. The van der Waals surface area contributed by atoms with E-state index in [1.165, 1.54) is 13.2 Å². The molecule has 6 nitrogen and oxygen atoms in total. The molecule has 0 bridgehead atoms. The summed E-state index contributed by atoms with van der Waals surface area (Å²) in [5.74, 6) is -0.434. The highest BCUT2D eigenvalue weighted by Crippen LogP contribution is 2.36. The molecule has 3 aromatic carbocycles. The van der Waals surface area contributed by atoms with Crippen LogP contribution in [0.3, 0.4) is 0 Å². The van der Waals surface area contributed by atoms with Crippen LogP contribution in [0.4, 0.5) is 5.69 Å². The molecule has 0 aromatic heterocycles. The van der Waals surface area contributed by atoms with E-state index in [-0.39, 0.29) is 31.1 Å². The van der Waals surface area contributed by atoms with Crippen LogP contribution in [0.2, 0.25) is 10.0 Å². The monoisotopic (exact) mass is 447 g/mol. The maximum absolute atomic E-state index is 12.2. The van der Waals surface area contributed by atoms with Crippen LogP contribution in [0.25, 0.3) is 10.8 Å². The number of ether oxygens (including phenoxy) is 2. The normalized spacial score (nSPS) is 10.7. The predicted octanol–water partition coefficient (Wildman–Crippen LogP) is 4.83. The fourth-order valence-electron chi connectivity index (χ4n) is 2.96. The van der Waals surface area contributed by atoms with Crippen LogP contribution in [0.5, 0.6) is 5.75 Å². The van der Waals surface area contributed by atoms with Crippen molar-refractivity contribution in [2.75, 3.05) is 19.0 Å². The molecule has 1 amide bonds. The van der Waals surface area contributed by atoms with Crippen LogP contribution in [0.1, 0.15) is 22.3 Å². The van der Waals surface area contributed by atoms with Gasteiger partial charge in [-0.2, -0.15) is 0 Å². The number of esters is 1. The number of carbonyl (C=O) groups excluding carboxylic acids is 2. The molecule has 0 unspecified atom stereocenters. The summed E-state index contributed by atoms with van der Waals surface area (Å²) < 4.78 is 10.6. The van der Waals surface area contributed by atoms with E-state index in [1.54, 1.807) is 42.5 Å². The average Bonchev–Trinajstić information content (AvgIpc) is 2.72. The van der Waals surface area contributed by atoms with Crippen LogP contribution >= 0.6 is 23.2 Å². The maximum atomic E-state index is 12.2. The van der Waals surface area contributed by atoms with Crippen LogP contribution in [0, 0.1) is 0 Å². The van der Waals surface area contributed by atoms with Gasteiger partial charge in [0.25, 0.3) is 0 Å². The number of methoxy groups -OCH3 is 1. The Kier molecular flexibility index (Phi) is 7.15. The standard InChI is InChI=1S/C22H19Cl2NO5/c1-29-22(28)15-8-14-9-16(23)11-18(24)21(14)19(10-15)30-6-5-20(27)25-17-4-2-3-13(7-17)12-26/h2-4,7-11,26H,5-6,12H2,1H3,(H,25,27). The van der Waals surface area contributed by atoms with Crippen molar-refractivity contribution < 1.29 is 24.2 Å². The minimum Gasteiger partial charge on any atom is -0.492 e. The average molecular weight is 448 g/mol. The third kappa shape index (κ3) is 5.21. The first-order valence-electron chi connectivity index (χ1n) is 9.05. The number of hydrogen-bond acceptors (Lipinski definition) is 5. The van der Waals surface area contributed by atoms with Gasteiger partial charge in [-0.1, -0.05) is 35.3 Å². The van der Waals surface area contributed by atoms with Crippen molar-refractivity contribution in [1.29, 1.82) is 0 Å². The summed E-state index contributed by atoms with van der Waals surface area (Å²) in [7, 11) is 1.29. The molecule has 0 aliphatic rings. The van der Waals surface area contributed by atoms with Gasteiger partial charge in [-0.15, -0.1) is 0 Å². The number of amides is 1. The number of halogens is 2. The molecule has 0 fully saturated rings. The summed E-state index contributed by atoms with van der Waals surface area (Å²) in [5, 5.41) is 13.9. The molecule has 0 saturated heterocycles. The van der Waals surface area contributed by atoms with Crippen molar-refractivity contribution in [1.82, 2.24) is 0 Å². The zero-order valence-electron chi connectivity index (χ0n) is 16.1. The van der Waals surface area contributed by atoms with Crippen molar-refractivity contribution in [3.8, 4) is 5.75 Å². The second-order valence-electron chi connectivity index (χ2n) is 6.46. The summed E-state index contributed by atoms with van der Waals surface area (Å²) in [6.45, 7) is -0.0502. The summed E-state index contributed by atoms with van der Waals surface area (Å²) >= 11 is 12.4. The van der Waals surface area contributed by atoms with Crippen molar-refractivity contribution in [3.05, 3.63) is 69.7 Å². The second kappa shape index (κ2) is 9.80. The number of aliphatic hydroxyl groups excluding tert-OH is 1. The second-order valence-corrected chi connectivity index (χ2v) is 7.30. The topological polar surface area (TPSA) is 84.9 Å². The Labute approximate surface area is 183 Å².